The van der Waals surface area contributed by atoms with Gasteiger partial charge in [-0.15, -0.1) is 0 Å². The minimum atomic E-state index is -4.09. The first-order chi connectivity index (χ1) is 13.6. The summed E-state index contributed by atoms with van der Waals surface area (Å²) in [5, 5.41) is 20.2. The lowest BCUT2D eigenvalue weighted by molar-refractivity contribution is -0.142. The van der Waals surface area contributed by atoms with Gasteiger partial charge in [0.2, 0.25) is 20.1 Å². The van der Waals surface area contributed by atoms with Crippen molar-refractivity contribution >= 4 is 31.3 Å². The van der Waals surface area contributed by atoms with E-state index in [-0.39, 0.29) is 13.2 Å². The average Bonchev–Trinajstić information content (AvgIpc) is 3.10. The summed E-state index contributed by atoms with van der Waals surface area (Å²) in [6.45, 7) is 1.42. The van der Waals surface area contributed by atoms with Crippen molar-refractivity contribution in [3.8, 4) is 11.5 Å². The zero-order chi connectivity index (χ0) is 21.6. The maximum absolute atomic E-state index is 12.5. The average molecular weight is 427 g/mol. The maximum atomic E-state index is 12.5. The third-order valence-electron chi connectivity index (χ3n) is 4.32. The Morgan fingerprint density at radius 3 is 2.59 bits per heavy atom. The molecule has 3 atom stereocenters. The summed E-state index contributed by atoms with van der Waals surface area (Å²) < 4.78 is 22.9. The van der Waals surface area contributed by atoms with E-state index >= 15 is 0 Å². The van der Waals surface area contributed by atoms with Crippen LogP contribution in [0, 0.1) is 5.92 Å². The van der Waals surface area contributed by atoms with Gasteiger partial charge in [-0.25, -0.2) is 0 Å². The third kappa shape index (κ3) is 6.62. The lowest BCUT2D eigenvalue weighted by Gasteiger charge is -2.22. The van der Waals surface area contributed by atoms with Crippen LogP contribution in [0.4, 0.5) is 0 Å². The summed E-state index contributed by atoms with van der Waals surface area (Å²) >= 11 is 0. The first kappa shape index (κ1) is 22.4. The molecule has 11 heteroatoms. The highest BCUT2D eigenvalue weighted by Crippen LogP contribution is 2.47. The number of aliphatic carboxylic acids is 2. The second-order valence-corrected chi connectivity index (χ2v) is 9.19. The van der Waals surface area contributed by atoms with Gasteiger partial charge in [0.25, 0.3) is 0 Å². The SMILES string of the molecule is C[C@@H](NC(=O)/C=C/c1ccc2c(c1)OCO2)P(=O)(O)CC(CCC(=O)O)C(=O)O. The summed E-state index contributed by atoms with van der Waals surface area (Å²) in [6, 6.07) is 5.07. The molecule has 0 radical (unpaired) electrons. The maximum Gasteiger partial charge on any atom is 0.307 e. The fourth-order valence-electron chi connectivity index (χ4n) is 2.61. The lowest BCUT2D eigenvalue weighted by Crippen LogP contribution is -2.33. The van der Waals surface area contributed by atoms with Crippen LogP contribution in [0.1, 0.15) is 25.3 Å². The second-order valence-electron chi connectivity index (χ2n) is 6.54. The third-order valence-corrected chi connectivity index (χ3v) is 6.62. The Morgan fingerprint density at radius 2 is 1.93 bits per heavy atom. The Balaban J connectivity index is 1.95. The van der Waals surface area contributed by atoms with Crippen molar-refractivity contribution in [3.63, 3.8) is 0 Å². The molecule has 10 nitrogen and oxygen atoms in total. The summed E-state index contributed by atoms with van der Waals surface area (Å²) in [5.41, 5.74) is 0.656. The van der Waals surface area contributed by atoms with Crippen LogP contribution in [0.5, 0.6) is 11.5 Å². The quantitative estimate of drug-likeness (QED) is 0.322. The van der Waals surface area contributed by atoms with Crippen LogP contribution in [0.25, 0.3) is 6.08 Å². The predicted octanol–water partition coefficient (Wildman–Crippen LogP) is 1.73. The number of carboxylic acid groups (broad SMARTS) is 2. The van der Waals surface area contributed by atoms with Gasteiger partial charge in [-0.3, -0.25) is 18.9 Å². The standard InChI is InChI=1S/C18H22NO9P/c1-11(29(25,26)9-13(18(23)24)4-7-17(21)22)19-16(20)6-3-12-2-5-14-15(8-12)28-10-27-14/h2-3,5-6,8,11,13H,4,7,9-10H2,1H3,(H,19,20)(H,21,22)(H,23,24)(H,25,26)/b6-3+/t11-,13?/m0/s1. The van der Waals surface area contributed by atoms with E-state index in [1.54, 1.807) is 18.2 Å². The van der Waals surface area contributed by atoms with E-state index in [2.05, 4.69) is 5.32 Å². The van der Waals surface area contributed by atoms with Gasteiger partial charge in [-0.1, -0.05) is 6.07 Å². The Bertz CT molecular complexity index is 867. The van der Waals surface area contributed by atoms with Gasteiger partial charge in [0.1, 0.15) is 5.78 Å². The number of ether oxygens (including phenoxy) is 2. The number of carbonyl (C=O) groups is 3. The van der Waals surface area contributed by atoms with Gasteiger partial charge in [-0.2, -0.15) is 0 Å². The molecule has 0 fully saturated rings. The largest absolute Gasteiger partial charge is 0.481 e. The van der Waals surface area contributed by atoms with E-state index in [9.17, 15) is 23.8 Å². The molecule has 0 aromatic heterocycles. The van der Waals surface area contributed by atoms with Crippen molar-refractivity contribution < 1.29 is 43.5 Å². The number of amides is 1. The smallest absolute Gasteiger partial charge is 0.307 e. The van der Waals surface area contributed by atoms with Crippen molar-refractivity contribution in [1.82, 2.24) is 5.32 Å². The summed E-state index contributed by atoms with van der Waals surface area (Å²) in [6.07, 6.45) is 1.31. The Kier molecular flexibility index (Phi) is 7.41. The molecule has 1 aromatic rings. The van der Waals surface area contributed by atoms with Crippen LogP contribution in [0.15, 0.2) is 24.3 Å². The van der Waals surface area contributed by atoms with Crippen LogP contribution >= 0.6 is 7.37 Å². The molecule has 1 aromatic carbocycles. The Labute approximate surface area is 166 Å². The Hall–Kier alpha value is -2.84. The molecule has 158 valence electrons. The molecule has 1 heterocycles. The summed E-state index contributed by atoms with van der Waals surface area (Å²) in [5.74, 6) is -4.56. The predicted molar refractivity (Wildman–Crippen MR) is 102 cm³/mol. The molecule has 1 amide bonds. The van der Waals surface area contributed by atoms with Gasteiger partial charge < -0.3 is 29.9 Å². The van der Waals surface area contributed by atoms with E-state index in [4.69, 9.17) is 19.7 Å². The van der Waals surface area contributed by atoms with Gasteiger partial charge >= 0.3 is 11.9 Å². The summed E-state index contributed by atoms with van der Waals surface area (Å²) in [7, 11) is -4.09. The number of carboxylic acids is 2. The molecular formula is C18H22NO9P. The number of carbonyl (C=O) groups excluding carboxylic acids is 1. The number of rotatable bonds is 10. The fourth-order valence-corrected chi connectivity index (χ4v) is 4.22. The van der Waals surface area contributed by atoms with E-state index in [1.165, 1.54) is 19.1 Å². The molecule has 0 spiro atoms. The minimum Gasteiger partial charge on any atom is -0.481 e. The first-order valence-corrected chi connectivity index (χ1v) is 10.6. The molecule has 0 saturated carbocycles. The van der Waals surface area contributed by atoms with Crippen LogP contribution < -0.4 is 14.8 Å². The van der Waals surface area contributed by atoms with Crippen molar-refractivity contribution in [2.45, 2.75) is 25.5 Å². The van der Waals surface area contributed by atoms with E-state index in [0.29, 0.717) is 17.1 Å². The van der Waals surface area contributed by atoms with Gasteiger partial charge in [-0.05, 0) is 37.1 Å². The van der Waals surface area contributed by atoms with Crippen molar-refractivity contribution in [3.05, 3.63) is 29.8 Å². The number of hydrogen-bond donors (Lipinski definition) is 4. The highest BCUT2D eigenvalue weighted by molar-refractivity contribution is 7.58. The van der Waals surface area contributed by atoms with Gasteiger partial charge in [0.15, 0.2) is 11.5 Å². The second kappa shape index (κ2) is 9.58. The van der Waals surface area contributed by atoms with Crippen molar-refractivity contribution in [1.29, 1.82) is 0 Å². The molecule has 0 aliphatic carbocycles. The first-order valence-electron chi connectivity index (χ1n) is 8.73. The molecule has 0 saturated heterocycles. The number of fused-ring (bicyclic) bond motifs is 1. The van der Waals surface area contributed by atoms with E-state index in [0.717, 1.165) is 0 Å². The molecule has 29 heavy (non-hydrogen) atoms. The van der Waals surface area contributed by atoms with Crippen LogP contribution in [-0.2, 0) is 18.9 Å². The highest BCUT2D eigenvalue weighted by Gasteiger charge is 2.34. The Morgan fingerprint density at radius 1 is 1.24 bits per heavy atom. The zero-order valence-corrected chi connectivity index (χ0v) is 16.5. The monoisotopic (exact) mass is 427 g/mol. The molecule has 1 aliphatic heterocycles. The summed E-state index contributed by atoms with van der Waals surface area (Å²) in [4.78, 5) is 44.1. The highest BCUT2D eigenvalue weighted by atomic mass is 31.2. The van der Waals surface area contributed by atoms with Crippen LogP contribution in [-0.4, -0.2) is 51.7 Å². The molecule has 0 bridgehead atoms. The number of benzene rings is 1. The van der Waals surface area contributed by atoms with E-state index < -0.39 is 49.5 Å². The number of nitrogens with one attached hydrogen (secondary N) is 1. The van der Waals surface area contributed by atoms with Crippen LogP contribution in [0.2, 0.25) is 0 Å². The van der Waals surface area contributed by atoms with Crippen LogP contribution in [0.3, 0.4) is 0 Å². The molecule has 4 N–H and O–H groups in total. The van der Waals surface area contributed by atoms with Crippen molar-refractivity contribution in [2.24, 2.45) is 5.92 Å². The normalized spacial score (nSPS) is 16.8. The molecule has 1 aliphatic rings. The van der Waals surface area contributed by atoms with Gasteiger partial charge in [0.05, 0.1) is 5.92 Å². The van der Waals surface area contributed by atoms with E-state index in [1.807, 2.05) is 0 Å². The molecular weight excluding hydrogens is 405 g/mol. The van der Waals surface area contributed by atoms with Crippen molar-refractivity contribution in [2.75, 3.05) is 13.0 Å². The molecule has 2 unspecified atom stereocenters. The number of hydrogen-bond acceptors (Lipinski definition) is 6. The topological polar surface area (TPSA) is 159 Å². The molecule has 2 rings (SSSR count). The lowest BCUT2D eigenvalue weighted by atomic mass is 10.1. The fraction of sp³-hybridized carbons (Fsp3) is 0.389. The zero-order valence-electron chi connectivity index (χ0n) is 15.6. The van der Waals surface area contributed by atoms with Gasteiger partial charge in [0, 0.05) is 18.7 Å². The minimum absolute atomic E-state index is 0.121.